The minimum absolute atomic E-state index is 0.0473. The topological polar surface area (TPSA) is 56.5 Å². The third-order valence-electron chi connectivity index (χ3n) is 1.49. The lowest BCUT2D eigenvalue weighted by molar-refractivity contribution is 0.0685. The molecule has 0 spiro atoms. The molecule has 0 aliphatic heterocycles. The van der Waals surface area contributed by atoms with Gasteiger partial charge in [0.15, 0.2) is 0 Å². The molecule has 1 aromatic rings. The third kappa shape index (κ3) is 3.43. The molecule has 0 saturated carbocycles. The van der Waals surface area contributed by atoms with E-state index in [1.165, 1.54) is 0 Å². The first-order chi connectivity index (χ1) is 6.34. The fourth-order valence-corrected chi connectivity index (χ4v) is 0.875. The zero-order valence-corrected chi connectivity index (χ0v) is 7.64. The second-order valence-corrected chi connectivity index (χ2v) is 2.48. The largest absolute Gasteiger partial charge is 0.475 e. The number of nitrogens with zero attached hydrogens (tertiary/aromatic N) is 2. The van der Waals surface area contributed by atoms with Gasteiger partial charge in [0.05, 0.1) is 26.0 Å². The van der Waals surface area contributed by atoms with E-state index in [1.807, 2.05) is 7.05 Å². The van der Waals surface area contributed by atoms with Gasteiger partial charge >= 0.3 is 0 Å². The van der Waals surface area contributed by atoms with E-state index in [1.54, 1.807) is 16.9 Å². The fraction of sp³-hybridized carbons (Fsp3) is 0.625. The maximum atomic E-state index is 8.41. The van der Waals surface area contributed by atoms with Crippen LogP contribution in [0, 0.1) is 0 Å². The van der Waals surface area contributed by atoms with E-state index < -0.39 is 0 Å². The zero-order chi connectivity index (χ0) is 9.52. The molecule has 5 heteroatoms. The lowest BCUT2D eigenvalue weighted by Crippen LogP contribution is -2.10. The summed E-state index contributed by atoms with van der Waals surface area (Å²) in [5.41, 5.74) is 0. The van der Waals surface area contributed by atoms with Crippen molar-refractivity contribution in [3.8, 4) is 5.88 Å². The summed E-state index contributed by atoms with van der Waals surface area (Å²) in [7, 11) is 1.81. The fourth-order valence-electron chi connectivity index (χ4n) is 0.875. The second-order valence-electron chi connectivity index (χ2n) is 2.48. The summed E-state index contributed by atoms with van der Waals surface area (Å²) in [4.78, 5) is 0. The third-order valence-corrected chi connectivity index (χ3v) is 1.49. The number of hydrogen-bond donors (Lipinski definition) is 1. The standard InChI is InChI=1S/C8H14N2O3/c1-10-8(2-3-9-10)13-7-6-12-5-4-11/h2-3,11H,4-7H2,1H3. The number of ether oxygens (including phenoxy) is 2. The molecule has 0 saturated heterocycles. The second kappa shape index (κ2) is 5.55. The monoisotopic (exact) mass is 186 g/mol. The van der Waals surface area contributed by atoms with Gasteiger partial charge in [-0.05, 0) is 0 Å². The maximum Gasteiger partial charge on any atom is 0.211 e. The summed E-state index contributed by atoms with van der Waals surface area (Å²) in [5.74, 6) is 0.715. The molecule has 1 heterocycles. The predicted octanol–water partition coefficient (Wildman–Crippen LogP) is -0.192. The van der Waals surface area contributed by atoms with Gasteiger partial charge in [-0.2, -0.15) is 5.10 Å². The predicted molar refractivity (Wildman–Crippen MR) is 46.6 cm³/mol. The van der Waals surface area contributed by atoms with Crippen LogP contribution in [0.1, 0.15) is 0 Å². The Bertz CT molecular complexity index is 237. The lowest BCUT2D eigenvalue weighted by Gasteiger charge is -2.05. The molecule has 1 rings (SSSR count). The van der Waals surface area contributed by atoms with Gasteiger partial charge in [-0.15, -0.1) is 0 Å². The molecule has 74 valence electrons. The van der Waals surface area contributed by atoms with Crippen LogP contribution in [0.25, 0.3) is 0 Å². The first-order valence-electron chi connectivity index (χ1n) is 4.14. The zero-order valence-electron chi connectivity index (χ0n) is 7.64. The molecule has 0 aliphatic carbocycles. The van der Waals surface area contributed by atoms with Gasteiger partial charge in [-0.25, -0.2) is 4.68 Å². The van der Waals surface area contributed by atoms with E-state index in [4.69, 9.17) is 14.6 Å². The number of rotatable bonds is 6. The van der Waals surface area contributed by atoms with Crippen LogP contribution in [0.3, 0.4) is 0 Å². The van der Waals surface area contributed by atoms with E-state index in [9.17, 15) is 0 Å². The van der Waals surface area contributed by atoms with Crippen molar-refractivity contribution in [1.82, 2.24) is 9.78 Å². The Morgan fingerprint density at radius 2 is 2.31 bits per heavy atom. The van der Waals surface area contributed by atoms with Crippen molar-refractivity contribution in [1.29, 1.82) is 0 Å². The van der Waals surface area contributed by atoms with Gasteiger partial charge in [0.2, 0.25) is 5.88 Å². The number of aliphatic hydroxyl groups excluding tert-OH is 1. The van der Waals surface area contributed by atoms with Gasteiger partial charge < -0.3 is 14.6 Å². The van der Waals surface area contributed by atoms with Crippen molar-refractivity contribution in [2.45, 2.75) is 0 Å². The van der Waals surface area contributed by atoms with Crippen LogP contribution in [0.15, 0.2) is 12.3 Å². The van der Waals surface area contributed by atoms with E-state index in [0.29, 0.717) is 25.7 Å². The molecule has 13 heavy (non-hydrogen) atoms. The molecular weight excluding hydrogens is 172 g/mol. The molecule has 0 unspecified atom stereocenters. The van der Waals surface area contributed by atoms with Gasteiger partial charge in [-0.1, -0.05) is 0 Å². The number of aliphatic hydroxyl groups is 1. The van der Waals surface area contributed by atoms with Crippen molar-refractivity contribution >= 4 is 0 Å². The minimum Gasteiger partial charge on any atom is -0.475 e. The molecule has 1 aromatic heterocycles. The highest BCUT2D eigenvalue weighted by Crippen LogP contribution is 2.05. The maximum absolute atomic E-state index is 8.41. The van der Waals surface area contributed by atoms with E-state index in [-0.39, 0.29) is 6.61 Å². The van der Waals surface area contributed by atoms with Crippen LogP contribution in [0.4, 0.5) is 0 Å². The molecule has 1 N–H and O–H groups in total. The highest BCUT2D eigenvalue weighted by molar-refractivity contribution is 5.06. The minimum atomic E-state index is 0.0473. The summed E-state index contributed by atoms with van der Waals surface area (Å²) >= 11 is 0. The normalized spacial score (nSPS) is 10.3. The Kier molecular flexibility index (Phi) is 4.28. The molecule has 0 amide bonds. The molecular formula is C8H14N2O3. The van der Waals surface area contributed by atoms with Crippen LogP contribution in [-0.2, 0) is 11.8 Å². The lowest BCUT2D eigenvalue weighted by atomic mass is 10.6. The first kappa shape index (κ1) is 10.0. The molecule has 0 aromatic carbocycles. The SMILES string of the molecule is Cn1nccc1OCCOCCO. The number of aryl methyl sites for hydroxylation is 1. The average Bonchev–Trinajstić information content (AvgIpc) is 2.52. The van der Waals surface area contributed by atoms with Crippen LogP contribution in [0.5, 0.6) is 5.88 Å². The van der Waals surface area contributed by atoms with Crippen molar-refractivity contribution in [2.75, 3.05) is 26.4 Å². The van der Waals surface area contributed by atoms with Crippen molar-refractivity contribution in [3.63, 3.8) is 0 Å². The van der Waals surface area contributed by atoms with Gasteiger partial charge in [0.25, 0.3) is 0 Å². The Morgan fingerprint density at radius 3 is 2.92 bits per heavy atom. The Balaban J connectivity index is 2.10. The molecule has 0 atom stereocenters. The summed E-state index contributed by atoms with van der Waals surface area (Å²) in [6.45, 7) is 1.35. The van der Waals surface area contributed by atoms with Crippen molar-refractivity contribution in [3.05, 3.63) is 12.3 Å². The van der Waals surface area contributed by atoms with Crippen molar-refractivity contribution < 1.29 is 14.6 Å². The Hall–Kier alpha value is -1.07. The summed E-state index contributed by atoms with van der Waals surface area (Å²) in [6.07, 6.45) is 1.67. The smallest absolute Gasteiger partial charge is 0.211 e. The van der Waals surface area contributed by atoms with E-state index in [0.717, 1.165) is 0 Å². The summed E-state index contributed by atoms with van der Waals surface area (Å²) in [6, 6.07) is 1.78. The van der Waals surface area contributed by atoms with Crippen molar-refractivity contribution in [2.24, 2.45) is 7.05 Å². The number of aromatic nitrogens is 2. The van der Waals surface area contributed by atoms with E-state index >= 15 is 0 Å². The van der Waals surface area contributed by atoms with Gasteiger partial charge in [0, 0.05) is 13.1 Å². The molecule has 5 nitrogen and oxygen atoms in total. The molecule has 0 radical (unpaired) electrons. The van der Waals surface area contributed by atoms with Crippen LogP contribution < -0.4 is 4.74 Å². The van der Waals surface area contributed by atoms with Crippen LogP contribution in [0.2, 0.25) is 0 Å². The Morgan fingerprint density at radius 1 is 1.46 bits per heavy atom. The molecule has 0 bridgehead atoms. The highest BCUT2D eigenvalue weighted by Gasteiger charge is 1.97. The molecule has 0 fully saturated rings. The summed E-state index contributed by atoms with van der Waals surface area (Å²) in [5, 5.41) is 12.4. The highest BCUT2D eigenvalue weighted by atomic mass is 16.5. The average molecular weight is 186 g/mol. The Labute approximate surface area is 76.9 Å². The first-order valence-corrected chi connectivity index (χ1v) is 4.14. The molecule has 0 aliphatic rings. The summed E-state index contributed by atoms with van der Waals surface area (Å²) < 4.78 is 12.0. The van der Waals surface area contributed by atoms with Gasteiger partial charge in [-0.3, -0.25) is 0 Å². The van der Waals surface area contributed by atoms with Crippen LogP contribution >= 0.6 is 0 Å². The van der Waals surface area contributed by atoms with E-state index in [2.05, 4.69) is 5.10 Å². The quantitative estimate of drug-likeness (QED) is 0.625. The van der Waals surface area contributed by atoms with Crippen LogP contribution in [-0.4, -0.2) is 41.3 Å². The number of hydrogen-bond acceptors (Lipinski definition) is 4. The van der Waals surface area contributed by atoms with Gasteiger partial charge in [0.1, 0.15) is 6.61 Å².